The van der Waals surface area contributed by atoms with E-state index in [1.54, 1.807) is 7.05 Å². The van der Waals surface area contributed by atoms with Gasteiger partial charge in [-0.25, -0.2) is 0 Å². The van der Waals surface area contributed by atoms with Crippen molar-refractivity contribution in [3.05, 3.63) is 30.0 Å². The molecule has 2 aromatic rings. The minimum absolute atomic E-state index is 0.0372. The summed E-state index contributed by atoms with van der Waals surface area (Å²) in [5, 5.41) is 14.1. The van der Waals surface area contributed by atoms with E-state index in [2.05, 4.69) is 36.0 Å². The third kappa shape index (κ3) is 3.85. The summed E-state index contributed by atoms with van der Waals surface area (Å²) in [5.41, 5.74) is 2.02. The van der Waals surface area contributed by atoms with Gasteiger partial charge in [0, 0.05) is 43.4 Å². The Labute approximate surface area is 167 Å². The van der Waals surface area contributed by atoms with Gasteiger partial charge in [0.05, 0.1) is 5.52 Å². The van der Waals surface area contributed by atoms with Crippen LogP contribution in [0.2, 0.25) is 0 Å². The first kappa shape index (κ1) is 19.2. The van der Waals surface area contributed by atoms with Gasteiger partial charge < -0.3 is 4.90 Å². The van der Waals surface area contributed by atoms with Gasteiger partial charge >= 0.3 is 0 Å². The number of nitrogens with zero attached hydrogens (tertiary/aromatic N) is 3. The van der Waals surface area contributed by atoms with Gasteiger partial charge in [-0.3, -0.25) is 14.9 Å². The Kier molecular flexibility index (Phi) is 5.26. The average Bonchev–Trinajstić information content (AvgIpc) is 3.08. The van der Waals surface area contributed by atoms with Crippen molar-refractivity contribution >= 4 is 22.6 Å². The van der Waals surface area contributed by atoms with Crippen LogP contribution in [0, 0.1) is 11.3 Å². The maximum absolute atomic E-state index is 12.6. The Morgan fingerprint density at radius 2 is 2.00 bits per heavy atom. The van der Waals surface area contributed by atoms with Crippen molar-refractivity contribution in [1.29, 1.82) is 5.41 Å². The minimum atomic E-state index is -0.201. The summed E-state index contributed by atoms with van der Waals surface area (Å²) in [5.74, 6) is 1.23. The quantitative estimate of drug-likeness (QED) is 0.824. The lowest BCUT2D eigenvalue weighted by atomic mass is 9.74. The van der Waals surface area contributed by atoms with Crippen molar-refractivity contribution in [2.45, 2.75) is 76.7 Å². The lowest BCUT2D eigenvalue weighted by Gasteiger charge is -2.34. The fraction of sp³-hybridized carbons (Fsp3) is 0.609. The third-order valence-corrected chi connectivity index (χ3v) is 6.88. The van der Waals surface area contributed by atoms with E-state index in [0.717, 1.165) is 30.8 Å². The Balaban J connectivity index is 1.57. The summed E-state index contributed by atoms with van der Waals surface area (Å²) in [4.78, 5) is 14.1. The van der Waals surface area contributed by atoms with Gasteiger partial charge in [0.1, 0.15) is 5.84 Å². The number of nitrogens with one attached hydrogen (secondary N) is 1. The van der Waals surface area contributed by atoms with Gasteiger partial charge in [0.25, 0.3) is 0 Å². The van der Waals surface area contributed by atoms with Crippen LogP contribution in [0.25, 0.3) is 10.9 Å². The van der Waals surface area contributed by atoms with E-state index in [9.17, 15) is 4.79 Å². The van der Waals surface area contributed by atoms with Crippen LogP contribution in [-0.2, 0) is 16.8 Å². The molecule has 0 radical (unpaired) electrons. The molecule has 2 aliphatic rings. The number of fused-ring (bicyclic) bond motifs is 1. The lowest BCUT2D eigenvalue weighted by molar-refractivity contribution is -0.128. The number of hydrogen-bond acceptors (Lipinski definition) is 3. The van der Waals surface area contributed by atoms with Gasteiger partial charge in [-0.1, -0.05) is 38.3 Å². The van der Waals surface area contributed by atoms with Crippen LogP contribution in [0.3, 0.4) is 0 Å². The van der Waals surface area contributed by atoms with Gasteiger partial charge in [0.2, 0.25) is 5.91 Å². The van der Waals surface area contributed by atoms with Crippen molar-refractivity contribution < 1.29 is 4.79 Å². The summed E-state index contributed by atoms with van der Waals surface area (Å²) in [6, 6.07) is 6.53. The number of rotatable bonds is 3. The highest BCUT2D eigenvalue weighted by atomic mass is 16.2. The molecule has 28 heavy (non-hydrogen) atoms. The van der Waals surface area contributed by atoms with Crippen LogP contribution in [0.4, 0.5) is 0 Å². The average molecular weight is 381 g/mol. The summed E-state index contributed by atoms with van der Waals surface area (Å²) < 4.78 is 2.13. The maximum Gasteiger partial charge on any atom is 0.228 e. The molecule has 5 nitrogen and oxygen atoms in total. The predicted octanol–water partition coefficient (Wildman–Crippen LogP) is 4.88. The van der Waals surface area contributed by atoms with Crippen LogP contribution in [0.1, 0.15) is 70.3 Å². The fourth-order valence-electron chi connectivity index (χ4n) is 4.92. The van der Waals surface area contributed by atoms with E-state index in [-0.39, 0.29) is 11.3 Å². The van der Waals surface area contributed by atoms with Crippen LogP contribution >= 0.6 is 0 Å². The van der Waals surface area contributed by atoms with Crippen LogP contribution in [-0.4, -0.2) is 33.5 Å². The number of amidine groups is 1. The first-order chi connectivity index (χ1) is 13.4. The number of likely N-dealkylation sites (tertiary alicyclic amines) is 1. The Hall–Kier alpha value is -2.17. The monoisotopic (exact) mass is 380 g/mol. The maximum atomic E-state index is 12.6. The molecule has 1 amide bonds. The molecular formula is C23H32N4O. The molecule has 150 valence electrons. The van der Waals surface area contributed by atoms with Crippen molar-refractivity contribution in [1.82, 2.24) is 14.7 Å². The first-order valence-electron chi connectivity index (χ1n) is 10.8. The molecule has 2 fully saturated rings. The Morgan fingerprint density at radius 1 is 1.21 bits per heavy atom. The Bertz CT molecular complexity index is 880. The van der Waals surface area contributed by atoms with E-state index in [0.29, 0.717) is 18.7 Å². The second kappa shape index (κ2) is 7.69. The minimum Gasteiger partial charge on any atom is -0.304 e. The molecule has 1 aromatic carbocycles. The number of carbonyl (C=O) groups is 1. The van der Waals surface area contributed by atoms with E-state index in [1.807, 2.05) is 0 Å². The SMILES string of the molecule is CN1C(=N)CCC[C@](C)(c2ccc3cn(CC4CCCCC4)nc3c2)CC1=O. The van der Waals surface area contributed by atoms with Crippen molar-refractivity contribution in [3.8, 4) is 0 Å². The normalized spacial score (nSPS) is 25.1. The topological polar surface area (TPSA) is 62.0 Å². The van der Waals surface area contributed by atoms with E-state index < -0.39 is 0 Å². The largest absolute Gasteiger partial charge is 0.304 e. The molecule has 0 spiro atoms. The highest BCUT2D eigenvalue weighted by molar-refractivity contribution is 5.97. The summed E-state index contributed by atoms with van der Waals surface area (Å²) in [6.45, 7) is 3.21. The number of aromatic nitrogens is 2. The van der Waals surface area contributed by atoms with Gasteiger partial charge in [0.15, 0.2) is 0 Å². The molecule has 4 rings (SSSR count). The molecule has 0 bridgehead atoms. The van der Waals surface area contributed by atoms with Crippen LogP contribution in [0.15, 0.2) is 24.4 Å². The highest BCUT2D eigenvalue weighted by Crippen LogP contribution is 2.36. The zero-order chi connectivity index (χ0) is 19.7. The predicted molar refractivity (Wildman–Crippen MR) is 113 cm³/mol. The van der Waals surface area contributed by atoms with Crippen molar-refractivity contribution in [3.63, 3.8) is 0 Å². The van der Waals surface area contributed by atoms with Gasteiger partial charge in [-0.15, -0.1) is 0 Å². The van der Waals surface area contributed by atoms with Gasteiger partial charge in [-0.05, 0) is 43.2 Å². The second-order valence-corrected chi connectivity index (χ2v) is 9.12. The van der Waals surface area contributed by atoms with Crippen molar-refractivity contribution in [2.24, 2.45) is 5.92 Å². The molecule has 1 atom stereocenters. The number of benzene rings is 1. The van der Waals surface area contributed by atoms with E-state index in [1.165, 1.54) is 48.0 Å². The molecule has 1 aliphatic carbocycles. The third-order valence-electron chi connectivity index (χ3n) is 6.88. The second-order valence-electron chi connectivity index (χ2n) is 9.12. The summed E-state index contributed by atoms with van der Waals surface area (Å²) in [6.07, 6.45) is 11.9. The van der Waals surface area contributed by atoms with Crippen molar-refractivity contribution in [2.75, 3.05) is 7.05 Å². The Morgan fingerprint density at radius 3 is 2.79 bits per heavy atom. The van der Waals surface area contributed by atoms with Crippen LogP contribution < -0.4 is 0 Å². The zero-order valence-corrected chi connectivity index (χ0v) is 17.2. The first-order valence-corrected chi connectivity index (χ1v) is 10.8. The lowest BCUT2D eigenvalue weighted by Crippen LogP contribution is -2.40. The molecule has 1 saturated heterocycles. The molecule has 2 heterocycles. The molecule has 1 aromatic heterocycles. The summed E-state index contributed by atoms with van der Waals surface area (Å²) >= 11 is 0. The molecule has 1 aliphatic heterocycles. The number of amides is 1. The molecular weight excluding hydrogens is 348 g/mol. The number of carbonyl (C=O) groups excluding carboxylic acids is 1. The van der Waals surface area contributed by atoms with E-state index >= 15 is 0 Å². The molecule has 1 saturated carbocycles. The van der Waals surface area contributed by atoms with E-state index in [4.69, 9.17) is 10.5 Å². The molecule has 1 N–H and O–H groups in total. The molecule has 0 unspecified atom stereocenters. The van der Waals surface area contributed by atoms with Crippen LogP contribution in [0.5, 0.6) is 0 Å². The smallest absolute Gasteiger partial charge is 0.228 e. The number of hydrogen-bond donors (Lipinski definition) is 1. The highest BCUT2D eigenvalue weighted by Gasteiger charge is 2.33. The zero-order valence-electron chi connectivity index (χ0n) is 17.2. The fourth-order valence-corrected chi connectivity index (χ4v) is 4.92. The van der Waals surface area contributed by atoms with Gasteiger partial charge in [-0.2, -0.15) is 5.10 Å². The molecule has 5 heteroatoms. The summed E-state index contributed by atoms with van der Waals surface area (Å²) in [7, 11) is 1.73. The standard InChI is InChI=1S/C23H32N4O/c1-23(12-6-9-21(24)26(2)22(28)14-23)19-11-10-18-16-27(25-20(18)13-19)15-17-7-4-3-5-8-17/h10-11,13,16-17,24H,3-9,12,14-15H2,1-2H3/t23-/m0/s1.